The van der Waals surface area contributed by atoms with Crippen molar-refractivity contribution in [3.63, 3.8) is 0 Å². The third kappa shape index (κ3) is 3.19. The van der Waals surface area contributed by atoms with Crippen LogP contribution in [0, 0.1) is 10.1 Å². The molecular weight excluding hydrogens is 276 g/mol. The lowest BCUT2D eigenvalue weighted by Gasteiger charge is -2.09. The van der Waals surface area contributed by atoms with Gasteiger partial charge in [0.05, 0.1) is 24.7 Å². The van der Waals surface area contributed by atoms with Crippen LogP contribution >= 0.6 is 0 Å². The summed E-state index contributed by atoms with van der Waals surface area (Å²) in [5.41, 5.74) is -0.316. The quantitative estimate of drug-likeness (QED) is 0.457. The van der Waals surface area contributed by atoms with Crippen LogP contribution in [0.5, 0.6) is 5.75 Å². The van der Waals surface area contributed by atoms with Gasteiger partial charge in [-0.15, -0.1) is 0 Å². The maximum atomic E-state index is 12.0. The number of sulfonamides is 1. The summed E-state index contributed by atoms with van der Waals surface area (Å²) < 4.78 is 36.2. The fourth-order valence-corrected chi connectivity index (χ4v) is 2.71. The molecule has 9 heteroatoms. The summed E-state index contributed by atoms with van der Waals surface area (Å²) in [5, 5.41) is 10.7. The van der Waals surface area contributed by atoms with Crippen LogP contribution in [-0.4, -0.2) is 39.7 Å². The molecule has 1 aliphatic heterocycles. The van der Waals surface area contributed by atoms with Gasteiger partial charge in [-0.05, 0) is 6.07 Å². The normalized spacial score (nSPS) is 18.1. The standard InChI is InChI=1S/C10H12N2O6S/c1-17-9-3-2-7(12(13)14)4-10(9)19(15,16)11-5-8-6-18-8/h2-4,8,11H,5-6H2,1H3. The average molecular weight is 288 g/mol. The molecule has 0 saturated carbocycles. The average Bonchev–Trinajstić information content (AvgIpc) is 3.19. The van der Waals surface area contributed by atoms with Crippen molar-refractivity contribution in [2.24, 2.45) is 0 Å². The van der Waals surface area contributed by atoms with Crippen molar-refractivity contribution in [1.29, 1.82) is 0 Å². The minimum absolute atomic E-state index is 0.0508. The molecule has 0 spiro atoms. The highest BCUT2D eigenvalue weighted by Crippen LogP contribution is 2.28. The predicted octanol–water partition coefficient (Wildman–Crippen LogP) is 0.280. The molecule has 1 fully saturated rings. The first-order valence-electron chi connectivity index (χ1n) is 5.38. The Hall–Kier alpha value is -1.71. The number of hydrogen-bond donors (Lipinski definition) is 1. The van der Waals surface area contributed by atoms with Gasteiger partial charge in [-0.25, -0.2) is 13.1 Å². The number of ether oxygens (including phenoxy) is 2. The van der Waals surface area contributed by atoms with E-state index in [1.54, 1.807) is 0 Å². The van der Waals surface area contributed by atoms with Crippen LogP contribution in [0.1, 0.15) is 0 Å². The molecule has 0 aliphatic carbocycles. The molecule has 1 aromatic carbocycles. The van der Waals surface area contributed by atoms with E-state index in [0.29, 0.717) is 6.61 Å². The predicted molar refractivity (Wildman–Crippen MR) is 64.6 cm³/mol. The van der Waals surface area contributed by atoms with Gasteiger partial charge in [0.2, 0.25) is 10.0 Å². The molecule has 1 N–H and O–H groups in total. The SMILES string of the molecule is COc1ccc([N+](=O)[O-])cc1S(=O)(=O)NCC1CO1. The molecule has 1 heterocycles. The summed E-state index contributed by atoms with van der Waals surface area (Å²) in [7, 11) is -2.58. The second-order valence-corrected chi connectivity index (χ2v) is 5.63. The van der Waals surface area contributed by atoms with E-state index < -0.39 is 14.9 Å². The van der Waals surface area contributed by atoms with Gasteiger partial charge in [0.15, 0.2) is 0 Å². The highest BCUT2D eigenvalue weighted by Gasteiger charge is 2.28. The van der Waals surface area contributed by atoms with Crippen molar-refractivity contribution in [3.8, 4) is 5.75 Å². The van der Waals surface area contributed by atoms with Crippen LogP contribution < -0.4 is 9.46 Å². The Balaban J connectivity index is 2.33. The van der Waals surface area contributed by atoms with Crippen molar-refractivity contribution >= 4 is 15.7 Å². The molecule has 8 nitrogen and oxygen atoms in total. The van der Waals surface area contributed by atoms with E-state index in [9.17, 15) is 18.5 Å². The van der Waals surface area contributed by atoms with Crippen molar-refractivity contribution in [2.75, 3.05) is 20.3 Å². The minimum Gasteiger partial charge on any atom is -0.495 e. The van der Waals surface area contributed by atoms with Crippen molar-refractivity contribution < 1.29 is 22.8 Å². The molecule has 1 unspecified atom stereocenters. The second-order valence-electron chi connectivity index (χ2n) is 3.90. The molecular formula is C10H12N2O6S. The van der Waals surface area contributed by atoms with E-state index in [0.717, 1.165) is 6.07 Å². The highest BCUT2D eigenvalue weighted by atomic mass is 32.2. The lowest BCUT2D eigenvalue weighted by Crippen LogP contribution is -2.28. The van der Waals surface area contributed by atoms with E-state index in [2.05, 4.69) is 4.72 Å². The highest BCUT2D eigenvalue weighted by molar-refractivity contribution is 7.89. The number of nitro groups is 1. The van der Waals surface area contributed by atoms with Crippen molar-refractivity contribution in [2.45, 2.75) is 11.0 Å². The zero-order valence-electron chi connectivity index (χ0n) is 10.0. The maximum Gasteiger partial charge on any atom is 0.271 e. The number of nitrogens with zero attached hydrogens (tertiary/aromatic N) is 1. The zero-order chi connectivity index (χ0) is 14.0. The lowest BCUT2D eigenvalue weighted by atomic mass is 10.3. The molecule has 19 heavy (non-hydrogen) atoms. The van der Waals surface area contributed by atoms with Crippen molar-refractivity contribution in [1.82, 2.24) is 4.72 Å². The molecule has 0 radical (unpaired) electrons. The van der Waals surface area contributed by atoms with Gasteiger partial charge in [0.25, 0.3) is 5.69 Å². The summed E-state index contributed by atoms with van der Waals surface area (Å²) in [6.07, 6.45) is -0.125. The topological polar surface area (TPSA) is 111 Å². The third-order valence-corrected chi connectivity index (χ3v) is 4.00. The van der Waals surface area contributed by atoms with Crippen molar-refractivity contribution in [3.05, 3.63) is 28.3 Å². The first kappa shape index (κ1) is 13.7. The summed E-state index contributed by atoms with van der Waals surface area (Å²) in [6, 6.07) is 3.40. The van der Waals surface area contributed by atoms with E-state index in [1.807, 2.05) is 0 Å². The number of epoxide rings is 1. The van der Waals surface area contributed by atoms with E-state index >= 15 is 0 Å². The van der Waals surface area contributed by atoms with Crippen LogP contribution in [0.3, 0.4) is 0 Å². The number of non-ortho nitro benzene ring substituents is 1. The number of methoxy groups -OCH3 is 1. The number of nitrogens with one attached hydrogen (secondary N) is 1. The monoisotopic (exact) mass is 288 g/mol. The number of benzene rings is 1. The molecule has 1 aliphatic rings. The molecule has 104 valence electrons. The van der Waals surface area contributed by atoms with Gasteiger partial charge in [-0.1, -0.05) is 0 Å². The van der Waals surface area contributed by atoms with Gasteiger partial charge in [-0.2, -0.15) is 0 Å². The van der Waals surface area contributed by atoms with E-state index in [-0.39, 0.29) is 29.0 Å². The Kier molecular flexibility index (Phi) is 3.69. The smallest absolute Gasteiger partial charge is 0.271 e. The first-order valence-corrected chi connectivity index (χ1v) is 6.86. The van der Waals surface area contributed by atoms with E-state index in [1.165, 1.54) is 19.2 Å². The summed E-state index contributed by atoms with van der Waals surface area (Å²) in [4.78, 5) is 9.76. The Morgan fingerprint density at radius 1 is 1.58 bits per heavy atom. The van der Waals surface area contributed by atoms with Gasteiger partial charge in [0.1, 0.15) is 10.6 Å². The van der Waals surface area contributed by atoms with Crippen LogP contribution in [0.25, 0.3) is 0 Å². The van der Waals surface area contributed by atoms with Gasteiger partial charge < -0.3 is 9.47 Å². The summed E-state index contributed by atoms with van der Waals surface area (Å²) >= 11 is 0. The summed E-state index contributed by atoms with van der Waals surface area (Å²) in [5.74, 6) is 0.0508. The van der Waals surface area contributed by atoms with Gasteiger partial charge in [0, 0.05) is 18.7 Å². The van der Waals surface area contributed by atoms with Gasteiger partial charge >= 0.3 is 0 Å². The number of rotatable bonds is 6. The largest absolute Gasteiger partial charge is 0.495 e. The lowest BCUT2D eigenvalue weighted by molar-refractivity contribution is -0.385. The Labute approximate surface area is 109 Å². The molecule has 1 aromatic rings. The Bertz CT molecular complexity index is 596. The molecule has 1 saturated heterocycles. The van der Waals surface area contributed by atoms with Gasteiger partial charge in [-0.3, -0.25) is 10.1 Å². The summed E-state index contributed by atoms with van der Waals surface area (Å²) in [6.45, 7) is 0.642. The first-order chi connectivity index (χ1) is 8.94. The maximum absolute atomic E-state index is 12.0. The third-order valence-electron chi connectivity index (χ3n) is 2.55. The Morgan fingerprint density at radius 2 is 2.26 bits per heavy atom. The van der Waals surface area contributed by atoms with Crippen LogP contribution in [-0.2, 0) is 14.8 Å². The Morgan fingerprint density at radius 3 is 2.79 bits per heavy atom. The number of hydrogen-bond acceptors (Lipinski definition) is 6. The fraction of sp³-hybridized carbons (Fsp3) is 0.400. The van der Waals surface area contributed by atoms with Crippen LogP contribution in [0.15, 0.2) is 23.1 Å². The fourth-order valence-electron chi connectivity index (χ4n) is 1.46. The van der Waals surface area contributed by atoms with E-state index in [4.69, 9.17) is 9.47 Å². The van der Waals surface area contributed by atoms with Crippen LogP contribution in [0.2, 0.25) is 0 Å². The molecule has 2 rings (SSSR count). The molecule has 1 atom stereocenters. The molecule has 0 bridgehead atoms. The second kappa shape index (κ2) is 5.11. The number of nitro benzene ring substituents is 1. The minimum atomic E-state index is -3.87. The van der Waals surface area contributed by atoms with Crippen LogP contribution in [0.4, 0.5) is 5.69 Å². The molecule has 0 amide bonds. The molecule has 0 aromatic heterocycles. The zero-order valence-corrected chi connectivity index (χ0v) is 10.8.